The van der Waals surface area contributed by atoms with Crippen LogP contribution in [0.2, 0.25) is 0 Å². The molecule has 0 fully saturated rings. The average molecular weight is 671 g/mol. The van der Waals surface area contributed by atoms with Crippen molar-refractivity contribution in [2.75, 3.05) is 4.43 Å². The summed E-state index contributed by atoms with van der Waals surface area (Å²) in [6, 6.07) is 0. The molecule has 0 spiro atoms. The van der Waals surface area contributed by atoms with E-state index >= 15 is 0 Å². The average Bonchev–Trinajstić information content (AvgIpc) is 2.36. The molecular weight excluding hydrogens is 647 g/mol. The Labute approximate surface area is 156 Å². The first kappa shape index (κ1) is 23.2. The molecular formula is C12H23BI2U. The van der Waals surface area contributed by atoms with E-state index in [1.54, 1.807) is 0 Å². The molecule has 0 N–H and O–H groups in total. The molecule has 16 heavy (non-hydrogen) atoms. The molecule has 0 amide bonds. The first-order chi connectivity index (χ1) is 7.72. The fourth-order valence-electron chi connectivity index (χ4n) is 0.735. The monoisotopic (exact) mass is 671 g/mol. The first-order valence-corrected chi connectivity index (χ1v) is 7.92. The summed E-state index contributed by atoms with van der Waals surface area (Å²) in [4.78, 5) is 0. The predicted molar refractivity (Wildman–Crippen MR) is 93.0 cm³/mol. The van der Waals surface area contributed by atoms with Gasteiger partial charge in [-0.25, -0.2) is 0 Å². The number of alkyl halides is 2. The zero-order valence-corrected chi connectivity index (χ0v) is 18.9. The fraction of sp³-hybridized carbons (Fsp3) is 0.667. The van der Waals surface area contributed by atoms with Crippen LogP contribution in [0.5, 0.6) is 0 Å². The summed E-state index contributed by atoms with van der Waals surface area (Å²) in [6.45, 7) is 7.80. The molecule has 1 atom stereocenters. The van der Waals surface area contributed by atoms with Gasteiger partial charge in [0.15, 0.2) is 0 Å². The SMILES string of the molecule is C=CC/C=C/C.CCC(I)CCCI.[2H][B].[U]. The Morgan fingerprint density at radius 3 is 2.31 bits per heavy atom. The summed E-state index contributed by atoms with van der Waals surface area (Å²) in [5.74, 6) is 0. The van der Waals surface area contributed by atoms with Crippen LogP contribution < -0.4 is 0 Å². The van der Waals surface area contributed by atoms with Crippen LogP contribution in [0.4, 0.5) is 0 Å². The van der Waals surface area contributed by atoms with Crippen molar-refractivity contribution >= 4 is 53.6 Å². The van der Waals surface area contributed by atoms with Gasteiger partial charge in [0.1, 0.15) is 0 Å². The Morgan fingerprint density at radius 2 is 2.06 bits per heavy atom. The summed E-state index contributed by atoms with van der Waals surface area (Å²) in [6.07, 6.45) is 11.1. The van der Waals surface area contributed by atoms with Crippen molar-refractivity contribution in [2.45, 2.75) is 43.5 Å². The molecule has 4 heteroatoms. The van der Waals surface area contributed by atoms with E-state index in [0.717, 1.165) is 10.3 Å². The molecule has 92 valence electrons. The molecule has 0 aromatic heterocycles. The Hall–Kier alpha value is 2.06. The van der Waals surface area contributed by atoms with Crippen LogP contribution >= 0.6 is 45.2 Å². The molecule has 2 radical (unpaired) electrons. The van der Waals surface area contributed by atoms with Gasteiger partial charge in [-0.05, 0) is 38.4 Å². The Morgan fingerprint density at radius 1 is 1.50 bits per heavy atom. The fourth-order valence-corrected chi connectivity index (χ4v) is 1.62. The maximum Gasteiger partial charge on any atom is 0.0379 e. The summed E-state index contributed by atoms with van der Waals surface area (Å²) >= 11 is 4.96. The molecule has 0 nitrogen and oxygen atoms in total. The van der Waals surface area contributed by atoms with E-state index in [1.165, 1.54) is 23.7 Å². The molecule has 0 aromatic rings. The van der Waals surface area contributed by atoms with Gasteiger partial charge in [0.2, 0.25) is 0 Å². The summed E-state index contributed by atoms with van der Waals surface area (Å²) < 4.78 is 7.49. The quantitative estimate of drug-likeness (QED) is 0.163. The number of hydrogen-bond acceptors (Lipinski definition) is 0. The van der Waals surface area contributed by atoms with Crippen LogP contribution in [0.15, 0.2) is 24.8 Å². The van der Waals surface area contributed by atoms with Crippen molar-refractivity contribution in [3.05, 3.63) is 24.8 Å². The second-order valence-corrected chi connectivity index (χ2v) is 5.77. The van der Waals surface area contributed by atoms with Gasteiger partial charge in [-0.3, -0.25) is 0 Å². The van der Waals surface area contributed by atoms with Crippen LogP contribution in [0.1, 0.15) is 39.5 Å². The van der Waals surface area contributed by atoms with E-state index in [4.69, 9.17) is 1.34 Å². The van der Waals surface area contributed by atoms with Gasteiger partial charge < -0.3 is 0 Å². The van der Waals surface area contributed by atoms with E-state index in [2.05, 4.69) is 73.1 Å². The van der Waals surface area contributed by atoms with Gasteiger partial charge in [-0.1, -0.05) is 70.3 Å². The van der Waals surface area contributed by atoms with E-state index in [0.29, 0.717) is 0 Å². The molecule has 0 bridgehead atoms. The minimum absolute atomic E-state index is 0. The Bertz CT molecular complexity index is 146. The van der Waals surface area contributed by atoms with E-state index in [9.17, 15) is 0 Å². The summed E-state index contributed by atoms with van der Waals surface area (Å²) in [5, 5.41) is 0. The molecule has 0 heterocycles. The molecule has 1 unspecified atom stereocenters. The summed E-state index contributed by atoms with van der Waals surface area (Å²) in [7, 11) is 3.75. The van der Waals surface area contributed by atoms with Crippen molar-refractivity contribution in [3.8, 4) is 0 Å². The molecule has 0 saturated heterocycles. The minimum Gasteiger partial charge on any atom is -0.103 e. The maximum atomic E-state index is 5.25. The van der Waals surface area contributed by atoms with E-state index in [1.807, 2.05) is 19.1 Å². The van der Waals surface area contributed by atoms with Gasteiger partial charge in [0.05, 0.1) is 0 Å². The predicted octanol–water partition coefficient (Wildman–Crippen LogP) is 4.91. The molecule has 0 aliphatic carbocycles. The Kier molecular flexibility index (Phi) is 37.4. The number of allylic oxidation sites excluding steroid dienone is 3. The van der Waals surface area contributed by atoms with Crippen molar-refractivity contribution < 1.29 is 31.1 Å². The van der Waals surface area contributed by atoms with E-state index < -0.39 is 0 Å². The van der Waals surface area contributed by atoms with Crippen LogP contribution in [-0.4, -0.2) is 18.1 Å². The van der Waals surface area contributed by atoms with E-state index in [-0.39, 0.29) is 31.1 Å². The standard InChI is InChI=1S/C6H12I2.C6H10.BH.U/c1-2-6(8)4-3-5-7;1-3-5-6-4-2;;/h6H,2-5H2,1H3;3-4,6H,1,5H2,2H3;1H;/b;6-4+;;/i;;1D;. The van der Waals surface area contributed by atoms with Crippen LogP contribution in [0.25, 0.3) is 0 Å². The molecule has 0 aromatic carbocycles. The third-order valence-corrected chi connectivity index (χ3v) is 3.90. The van der Waals surface area contributed by atoms with Crippen LogP contribution in [0.3, 0.4) is 0 Å². The molecule has 0 saturated carbocycles. The second-order valence-electron chi connectivity index (χ2n) is 2.93. The zero-order valence-electron chi connectivity index (χ0n) is 11.4. The topological polar surface area (TPSA) is 0 Å². The number of halogens is 2. The third kappa shape index (κ3) is 29.8. The zero-order chi connectivity index (χ0) is 13.2. The van der Waals surface area contributed by atoms with Crippen molar-refractivity contribution in [2.24, 2.45) is 0 Å². The normalized spacial score (nSPS) is 10.9. The number of rotatable bonds is 6. The Balaban J connectivity index is -0.0000000844. The van der Waals surface area contributed by atoms with Gasteiger partial charge in [-0.2, -0.15) is 0 Å². The number of hydrogen-bond donors (Lipinski definition) is 0. The van der Waals surface area contributed by atoms with Crippen molar-refractivity contribution in [1.82, 2.24) is 0 Å². The molecule has 0 aliphatic heterocycles. The first-order valence-electron chi connectivity index (χ1n) is 5.72. The smallest absolute Gasteiger partial charge is 0.0379 e. The minimum atomic E-state index is 0. The van der Waals surface area contributed by atoms with Crippen LogP contribution in [0, 0.1) is 31.1 Å². The van der Waals surface area contributed by atoms with Gasteiger partial charge >= 0.3 is 0 Å². The van der Waals surface area contributed by atoms with Gasteiger partial charge in [0.25, 0.3) is 0 Å². The van der Waals surface area contributed by atoms with Gasteiger partial charge in [0, 0.05) is 43.4 Å². The maximum absolute atomic E-state index is 5.25. The molecule has 0 rings (SSSR count). The summed E-state index contributed by atoms with van der Waals surface area (Å²) in [5.41, 5.74) is 0. The largest absolute Gasteiger partial charge is 0.103 e. The van der Waals surface area contributed by atoms with Crippen molar-refractivity contribution in [3.63, 3.8) is 0 Å². The van der Waals surface area contributed by atoms with Gasteiger partial charge in [-0.15, -0.1) is 6.58 Å². The van der Waals surface area contributed by atoms with Crippen molar-refractivity contribution in [1.29, 1.82) is 1.34 Å². The van der Waals surface area contributed by atoms with Crippen LogP contribution in [-0.2, 0) is 0 Å². The third-order valence-electron chi connectivity index (χ3n) is 1.63. The second kappa shape index (κ2) is 25.8. The molecule has 0 aliphatic rings.